The molecule has 0 radical (unpaired) electrons. The van der Waals surface area contributed by atoms with Crippen LogP contribution in [0, 0.1) is 0 Å². The van der Waals surface area contributed by atoms with Crippen molar-refractivity contribution in [2.24, 2.45) is 0 Å². The van der Waals surface area contributed by atoms with E-state index in [1.54, 1.807) is 13.3 Å². The number of likely N-dealkylation sites (tertiary alicyclic amines) is 1. The van der Waals surface area contributed by atoms with Crippen molar-refractivity contribution in [3.05, 3.63) is 54.4 Å². The number of piperidine rings is 1. The smallest absolute Gasteiger partial charge is 0.256 e. The molecular formula is C21H24N4O2. The Morgan fingerprint density at radius 3 is 2.67 bits per heavy atom. The Kier molecular flexibility index (Phi) is 4.81. The molecule has 1 aliphatic rings. The number of amides is 1. The van der Waals surface area contributed by atoms with E-state index in [4.69, 9.17) is 4.74 Å². The zero-order valence-corrected chi connectivity index (χ0v) is 15.7. The number of hydrogen-bond acceptors (Lipinski definition) is 4. The van der Waals surface area contributed by atoms with Crippen molar-refractivity contribution in [2.75, 3.05) is 32.6 Å². The molecule has 2 aromatic carbocycles. The Hall–Kier alpha value is -2.86. The summed E-state index contributed by atoms with van der Waals surface area (Å²) < 4.78 is 7.44. The van der Waals surface area contributed by atoms with Crippen LogP contribution in [-0.4, -0.2) is 47.8 Å². The van der Waals surface area contributed by atoms with E-state index in [-0.39, 0.29) is 5.91 Å². The third kappa shape index (κ3) is 3.53. The highest BCUT2D eigenvalue weighted by Gasteiger charge is 2.20. The Morgan fingerprint density at radius 1 is 1.19 bits per heavy atom. The summed E-state index contributed by atoms with van der Waals surface area (Å²) in [6.07, 6.45) is 5.80. The van der Waals surface area contributed by atoms with Crippen LogP contribution in [0.15, 0.2) is 48.8 Å². The lowest BCUT2D eigenvalue weighted by molar-refractivity contribution is 0.102. The van der Waals surface area contributed by atoms with Crippen LogP contribution in [0.25, 0.3) is 10.8 Å². The van der Waals surface area contributed by atoms with Crippen LogP contribution in [0.4, 0.5) is 5.69 Å². The molecule has 0 unspecified atom stereocenters. The fraction of sp³-hybridized carbons (Fsp3) is 0.333. The zero-order valence-electron chi connectivity index (χ0n) is 15.7. The van der Waals surface area contributed by atoms with Gasteiger partial charge in [0.2, 0.25) is 0 Å². The van der Waals surface area contributed by atoms with Gasteiger partial charge in [0.05, 0.1) is 30.6 Å². The SMILES string of the molecule is COc1cccc2cccc(C(=O)Nc3cnn(C4CCN(C)CC4)c3)c12. The molecule has 0 aliphatic carbocycles. The summed E-state index contributed by atoms with van der Waals surface area (Å²) in [6, 6.07) is 11.9. The van der Waals surface area contributed by atoms with Crippen molar-refractivity contribution in [1.82, 2.24) is 14.7 Å². The number of rotatable bonds is 4. The van der Waals surface area contributed by atoms with Crippen molar-refractivity contribution >= 4 is 22.4 Å². The summed E-state index contributed by atoms with van der Waals surface area (Å²) in [5.74, 6) is 0.535. The van der Waals surface area contributed by atoms with Crippen molar-refractivity contribution in [2.45, 2.75) is 18.9 Å². The molecule has 27 heavy (non-hydrogen) atoms. The maximum atomic E-state index is 12.9. The summed E-state index contributed by atoms with van der Waals surface area (Å²) in [6.45, 7) is 2.14. The van der Waals surface area contributed by atoms with Gasteiger partial charge in [0.15, 0.2) is 0 Å². The average molecular weight is 364 g/mol. The van der Waals surface area contributed by atoms with Gasteiger partial charge in [-0.15, -0.1) is 0 Å². The van der Waals surface area contributed by atoms with Gasteiger partial charge in [-0.25, -0.2) is 0 Å². The molecule has 1 amide bonds. The third-order valence-electron chi connectivity index (χ3n) is 5.25. The number of aromatic nitrogens is 2. The minimum absolute atomic E-state index is 0.159. The van der Waals surface area contributed by atoms with Crippen LogP contribution in [-0.2, 0) is 0 Å². The van der Waals surface area contributed by atoms with E-state index in [1.807, 2.05) is 47.3 Å². The van der Waals surface area contributed by atoms with Gasteiger partial charge in [0.1, 0.15) is 5.75 Å². The van der Waals surface area contributed by atoms with E-state index in [1.165, 1.54) is 0 Å². The van der Waals surface area contributed by atoms with Crippen LogP contribution >= 0.6 is 0 Å². The van der Waals surface area contributed by atoms with Gasteiger partial charge in [-0.05, 0) is 50.5 Å². The van der Waals surface area contributed by atoms with Gasteiger partial charge in [0, 0.05) is 11.6 Å². The molecular weight excluding hydrogens is 340 g/mol. The van der Waals surface area contributed by atoms with Crippen molar-refractivity contribution < 1.29 is 9.53 Å². The van der Waals surface area contributed by atoms with Gasteiger partial charge < -0.3 is 15.0 Å². The first kappa shape index (κ1) is 17.5. The fourth-order valence-electron chi connectivity index (χ4n) is 3.73. The molecule has 1 aliphatic heterocycles. The zero-order chi connectivity index (χ0) is 18.8. The van der Waals surface area contributed by atoms with Gasteiger partial charge in [-0.3, -0.25) is 9.48 Å². The van der Waals surface area contributed by atoms with E-state index >= 15 is 0 Å². The number of carbonyl (C=O) groups excluding carboxylic acids is 1. The molecule has 0 atom stereocenters. The van der Waals surface area contributed by atoms with Crippen molar-refractivity contribution in [1.29, 1.82) is 0 Å². The van der Waals surface area contributed by atoms with Crippen LogP contribution in [0.3, 0.4) is 0 Å². The number of fused-ring (bicyclic) bond motifs is 1. The Bertz CT molecular complexity index is 952. The lowest BCUT2D eigenvalue weighted by Crippen LogP contribution is -2.31. The molecule has 3 aromatic rings. The Morgan fingerprint density at radius 2 is 1.93 bits per heavy atom. The lowest BCUT2D eigenvalue weighted by atomic mass is 10.0. The molecule has 140 valence electrons. The lowest BCUT2D eigenvalue weighted by Gasteiger charge is -2.28. The highest BCUT2D eigenvalue weighted by molar-refractivity contribution is 6.14. The molecule has 2 heterocycles. The second-order valence-electron chi connectivity index (χ2n) is 7.06. The molecule has 1 saturated heterocycles. The average Bonchev–Trinajstić information content (AvgIpc) is 3.16. The first-order valence-corrected chi connectivity index (χ1v) is 9.25. The fourth-order valence-corrected chi connectivity index (χ4v) is 3.73. The first-order valence-electron chi connectivity index (χ1n) is 9.25. The maximum absolute atomic E-state index is 12.9. The molecule has 4 rings (SSSR count). The van der Waals surface area contributed by atoms with Crippen LogP contribution in [0.5, 0.6) is 5.75 Å². The number of methoxy groups -OCH3 is 1. The summed E-state index contributed by atoms with van der Waals surface area (Å²) in [7, 11) is 3.76. The maximum Gasteiger partial charge on any atom is 0.256 e. The second kappa shape index (κ2) is 7.40. The van der Waals surface area contributed by atoms with E-state index in [2.05, 4.69) is 22.4 Å². The summed E-state index contributed by atoms with van der Waals surface area (Å²) in [5, 5.41) is 9.25. The number of nitrogens with one attached hydrogen (secondary N) is 1. The van der Waals surface area contributed by atoms with Gasteiger partial charge >= 0.3 is 0 Å². The highest BCUT2D eigenvalue weighted by atomic mass is 16.5. The number of benzene rings is 2. The quantitative estimate of drug-likeness (QED) is 0.769. The summed E-state index contributed by atoms with van der Waals surface area (Å²) in [4.78, 5) is 15.2. The third-order valence-corrected chi connectivity index (χ3v) is 5.25. The van der Waals surface area contributed by atoms with E-state index in [9.17, 15) is 4.79 Å². The minimum atomic E-state index is -0.159. The van der Waals surface area contributed by atoms with Crippen molar-refractivity contribution in [3.8, 4) is 5.75 Å². The predicted molar refractivity (Wildman–Crippen MR) is 106 cm³/mol. The number of anilines is 1. The topological polar surface area (TPSA) is 59.4 Å². The van der Waals surface area contributed by atoms with E-state index in [0.717, 1.165) is 36.7 Å². The number of ether oxygens (including phenoxy) is 1. The van der Waals surface area contributed by atoms with E-state index < -0.39 is 0 Å². The monoisotopic (exact) mass is 364 g/mol. The number of nitrogens with zero attached hydrogens (tertiary/aromatic N) is 3. The van der Waals surface area contributed by atoms with Crippen LogP contribution in [0.2, 0.25) is 0 Å². The molecule has 0 spiro atoms. The molecule has 0 bridgehead atoms. The molecule has 0 saturated carbocycles. The molecule has 6 heteroatoms. The molecule has 1 aromatic heterocycles. The highest BCUT2D eigenvalue weighted by Crippen LogP contribution is 2.29. The molecule has 1 N–H and O–H groups in total. The minimum Gasteiger partial charge on any atom is -0.496 e. The van der Waals surface area contributed by atoms with Gasteiger partial charge in [0.25, 0.3) is 5.91 Å². The summed E-state index contributed by atoms with van der Waals surface area (Å²) >= 11 is 0. The number of carbonyl (C=O) groups is 1. The van der Waals surface area contributed by atoms with Gasteiger partial charge in [-0.2, -0.15) is 5.10 Å². The summed E-state index contributed by atoms with van der Waals surface area (Å²) in [5.41, 5.74) is 1.31. The van der Waals surface area contributed by atoms with Gasteiger partial charge in [-0.1, -0.05) is 24.3 Å². The predicted octanol–water partition coefficient (Wildman–Crippen LogP) is 3.56. The second-order valence-corrected chi connectivity index (χ2v) is 7.06. The van der Waals surface area contributed by atoms with E-state index in [0.29, 0.717) is 23.0 Å². The van der Waals surface area contributed by atoms with Crippen LogP contribution < -0.4 is 10.1 Å². The molecule has 1 fully saturated rings. The standard InChI is InChI=1S/C21H24N4O2/c1-24-11-9-17(10-12-24)25-14-16(13-22-25)23-21(26)18-7-3-5-15-6-4-8-19(27-2)20(15)18/h3-8,13-14,17H,9-12H2,1-2H3,(H,23,26). The van der Waals surface area contributed by atoms with Crippen molar-refractivity contribution in [3.63, 3.8) is 0 Å². The van der Waals surface area contributed by atoms with Crippen LogP contribution in [0.1, 0.15) is 29.2 Å². The Labute approximate surface area is 158 Å². The normalized spacial score (nSPS) is 15.8. The largest absolute Gasteiger partial charge is 0.496 e. The Balaban J connectivity index is 1.56. The first-order chi connectivity index (χ1) is 13.2. The number of hydrogen-bond donors (Lipinski definition) is 1. The molecule has 6 nitrogen and oxygen atoms in total.